The third-order valence-corrected chi connectivity index (χ3v) is 2.44. The van der Waals surface area contributed by atoms with Gasteiger partial charge in [0.1, 0.15) is 5.76 Å². The maximum atomic E-state index is 11.4. The Bertz CT molecular complexity index is 497. The Kier molecular flexibility index (Phi) is 6.79. The minimum atomic E-state index is -1.16. The molecule has 1 aromatic rings. The number of urea groups is 1. The third-order valence-electron chi connectivity index (χ3n) is 2.44. The van der Waals surface area contributed by atoms with E-state index in [2.05, 4.69) is 10.6 Å². The summed E-state index contributed by atoms with van der Waals surface area (Å²) in [6.07, 6.45) is 0.727. The van der Waals surface area contributed by atoms with Crippen LogP contribution in [0.25, 0.3) is 0 Å². The second kappa shape index (κ2) is 8.62. The lowest BCUT2D eigenvalue weighted by Gasteiger charge is -2.06. The molecule has 0 bridgehead atoms. The molecule has 0 saturated heterocycles. The first-order valence-corrected chi connectivity index (χ1v) is 6.52. The van der Waals surface area contributed by atoms with Gasteiger partial charge in [-0.25, -0.2) is 9.59 Å². The zero-order valence-corrected chi connectivity index (χ0v) is 11.7. The number of hydrogen-bond acceptors (Lipinski definition) is 5. The number of carbonyl (C=O) groups excluding carboxylic acids is 2. The summed E-state index contributed by atoms with van der Waals surface area (Å²) < 4.78 is 9.72. The first-order valence-electron chi connectivity index (χ1n) is 6.52. The number of carboxylic acid groups (broad SMARTS) is 1. The highest BCUT2D eigenvalue weighted by Crippen LogP contribution is 2.07. The number of carbonyl (C=O) groups is 3. The molecule has 0 spiro atoms. The molecule has 116 valence electrons. The lowest BCUT2D eigenvalue weighted by molar-refractivity contribution is -0.143. The molecular weight excluding hydrogens is 280 g/mol. The van der Waals surface area contributed by atoms with Gasteiger partial charge in [-0.05, 0) is 25.5 Å². The summed E-state index contributed by atoms with van der Waals surface area (Å²) in [5.74, 6) is -1.29. The van der Waals surface area contributed by atoms with Crippen LogP contribution in [0.15, 0.2) is 16.5 Å². The van der Waals surface area contributed by atoms with Gasteiger partial charge in [0.05, 0.1) is 13.2 Å². The summed E-state index contributed by atoms with van der Waals surface area (Å²) >= 11 is 0. The standard InChI is InChI=1S/C13H18N2O6/c1-2-20-11(16)4-3-7-14-13(19)15-8-9-5-6-10(21-9)12(17)18/h5-6H,2-4,7-8H2,1H3,(H,17,18)(H2,14,15,19). The quantitative estimate of drug-likeness (QED) is 0.489. The number of aromatic carboxylic acids is 1. The number of nitrogens with one attached hydrogen (secondary N) is 2. The van der Waals surface area contributed by atoms with Crippen molar-refractivity contribution in [3.8, 4) is 0 Å². The number of amides is 2. The van der Waals surface area contributed by atoms with E-state index in [4.69, 9.17) is 14.3 Å². The van der Waals surface area contributed by atoms with Crippen molar-refractivity contribution >= 4 is 18.0 Å². The molecule has 2 amide bonds. The second-order valence-electron chi connectivity index (χ2n) is 4.09. The minimum Gasteiger partial charge on any atom is -0.475 e. The van der Waals surface area contributed by atoms with E-state index in [0.29, 0.717) is 25.3 Å². The van der Waals surface area contributed by atoms with Crippen LogP contribution >= 0.6 is 0 Å². The van der Waals surface area contributed by atoms with Crippen molar-refractivity contribution < 1.29 is 28.6 Å². The number of hydrogen-bond donors (Lipinski definition) is 3. The van der Waals surface area contributed by atoms with Gasteiger partial charge in [-0.1, -0.05) is 0 Å². The normalized spacial score (nSPS) is 9.95. The van der Waals surface area contributed by atoms with Gasteiger partial charge < -0.3 is 24.9 Å². The lowest BCUT2D eigenvalue weighted by Crippen LogP contribution is -2.35. The maximum Gasteiger partial charge on any atom is 0.371 e. The third kappa shape index (κ3) is 6.46. The van der Waals surface area contributed by atoms with Crippen LogP contribution in [0.4, 0.5) is 4.79 Å². The van der Waals surface area contributed by atoms with Crippen molar-refractivity contribution in [2.45, 2.75) is 26.3 Å². The van der Waals surface area contributed by atoms with Gasteiger partial charge in [-0.15, -0.1) is 0 Å². The summed E-state index contributed by atoms with van der Waals surface area (Å²) in [6.45, 7) is 2.49. The van der Waals surface area contributed by atoms with Crippen molar-refractivity contribution in [3.05, 3.63) is 23.7 Å². The van der Waals surface area contributed by atoms with Crippen molar-refractivity contribution in [2.24, 2.45) is 0 Å². The summed E-state index contributed by atoms with van der Waals surface area (Å²) in [4.78, 5) is 33.1. The van der Waals surface area contributed by atoms with Crippen LogP contribution in [0.1, 0.15) is 36.1 Å². The fourth-order valence-electron chi connectivity index (χ4n) is 1.49. The van der Waals surface area contributed by atoms with E-state index >= 15 is 0 Å². The minimum absolute atomic E-state index is 0.0803. The Hall–Kier alpha value is -2.51. The zero-order valence-electron chi connectivity index (χ0n) is 11.7. The van der Waals surface area contributed by atoms with Gasteiger partial charge in [0.25, 0.3) is 0 Å². The molecule has 21 heavy (non-hydrogen) atoms. The average molecular weight is 298 g/mol. The Morgan fingerprint density at radius 2 is 2.05 bits per heavy atom. The summed E-state index contributed by atoms with van der Waals surface area (Å²) in [5.41, 5.74) is 0. The smallest absolute Gasteiger partial charge is 0.371 e. The molecule has 0 aliphatic rings. The van der Waals surface area contributed by atoms with Crippen LogP contribution < -0.4 is 10.6 Å². The number of furan rings is 1. The van der Waals surface area contributed by atoms with Crippen LogP contribution in [-0.4, -0.2) is 36.2 Å². The molecule has 8 nitrogen and oxygen atoms in total. The predicted octanol–water partition coefficient (Wildman–Crippen LogP) is 1.12. The molecule has 3 N–H and O–H groups in total. The summed E-state index contributed by atoms with van der Waals surface area (Å²) in [7, 11) is 0. The molecular formula is C13H18N2O6. The van der Waals surface area contributed by atoms with Crippen molar-refractivity contribution in [3.63, 3.8) is 0 Å². The van der Waals surface area contributed by atoms with E-state index in [0.717, 1.165) is 0 Å². The highest BCUT2D eigenvalue weighted by atomic mass is 16.5. The SMILES string of the molecule is CCOC(=O)CCCNC(=O)NCc1ccc(C(=O)O)o1. The average Bonchev–Trinajstić information content (AvgIpc) is 2.91. The Balaban J connectivity index is 2.16. The van der Waals surface area contributed by atoms with Gasteiger partial charge in [0.15, 0.2) is 0 Å². The largest absolute Gasteiger partial charge is 0.475 e. The molecule has 0 radical (unpaired) electrons. The van der Waals surface area contributed by atoms with Gasteiger partial charge >= 0.3 is 18.0 Å². The van der Waals surface area contributed by atoms with Gasteiger partial charge in [0, 0.05) is 13.0 Å². The number of esters is 1. The van der Waals surface area contributed by atoms with E-state index in [1.54, 1.807) is 6.92 Å². The fourth-order valence-corrected chi connectivity index (χ4v) is 1.49. The highest BCUT2D eigenvalue weighted by Gasteiger charge is 2.09. The van der Waals surface area contributed by atoms with E-state index in [1.807, 2.05) is 0 Å². The van der Waals surface area contributed by atoms with E-state index in [1.165, 1.54) is 12.1 Å². The number of carboxylic acids is 1. The maximum absolute atomic E-state index is 11.4. The molecule has 1 heterocycles. The first-order chi connectivity index (χ1) is 10.0. The Morgan fingerprint density at radius 3 is 2.67 bits per heavy atom. The van der Waals surface area contributed by atoms with Crippen LogP contribution in [0.5, 0.6) is 0 Å². The van der Waals surface area contributed by atoms with Crippen LogP contribution in [0.3, 0.4) is 0 Å². The van der Waals surface area contributed by atoms with Gasteiger partial charge in [-0.2, -0.15) is 0 Å². The number of ether oxygens (including phenoxy) is 1. The van der Waals surface area contributed by atoms with Crippen molar-refractivity contribution in [1.82, 2.24) is 10.6 Å². The molecule has 1 aromatic heterocycles. The monoisotopic (exact) mass is 298 g/mol. The predicted molar refractivity (Wildman–Crippen MR) is 71.8 cm³/mol. The highest BCUT2D eigenvalue weighted by molar-refractivity contribution is 5.84. The van der Waals surface area contributed by atoms with Crippen molar-refractivity contribution in [1.29, 1.82) is 0 Å². The molecule has 0 unspecified atom stereocenters. The number of rotatable bonds is 8. The summed E-state index contributed by atoms with van der Waals surface area (Å²) in [5, 5.41) is 13.7. The van der Waals surface area contributed by atoms with Crippen molar-refractivity contribution in [2.75, 3.05) is 13.2 Å². The molecule has 0 aliphatic carbocycles. The van der Waals surface area contributed by atoms with E-state index in [-0.39, 0.29) is 24.7 Å². The lowest BCUT2D eigenvalue weighted by atomic mass is 10.3. The molecule has 0 saturated carbocycles. The molecule has 0 atom stereocenters. The molecule has 0 fully saturated rings. The van der Waals surface area contributed by atoms with Gasteiger partial charge in [0.2, 0.25) is 5.76 Å². The van der Waals surface area contributed by atoms with Crippen LogP contribution in [0.2, 0.25) is 0 Å². The molecule has 1 rings (SSSR count). The molecule has 0 aromatic carbocycles. The topological polar surface area (TPSA) is 118 Å². The second-order valence-corrected chi connectivity index (χ2v) is 4.09. The van der Waals surface area contributed by atoms with Gasteiger partial charge in [-0.3, -0.25) is 4.79 Å². The Morgan fingerprint density at radius 1 is 1.29 bits per heavy atom. The van der Waals surface area contributed by atoms with E-state index in [9.17, 15) is 14.4 Å². The van der Waals surface area contributed by atoms with Crippen LogP contribution in [0, 0.1) is 0 Å². The molecule has 0 aliphatic heterocycles. The molecule has 8 heteroatoms. The van der Waals surface area contributed by atoms with Crippen LogP contribution in [-0.2, 0) is 16.1 Å². The summed E-state index contributed by atoms with van der Waals surface area (Å²) in [6, 6.07) is 2.37. The first kappa shape index (κ1) is 16.5. The fraction of sp³-hybridized carbons (Fsp3) is 0.462. The zero-order chi connectivity index (χ0) is 15.7. The Labute approximate surface area is 121 Å². The van der Waals surface area contributed by atoms with E-state index < -0.39 is 12.0 Å².